The van der Waals surface area contributed by atoms with Crippen LogP contribution in [0.5, 0.6) is 0 Å². The molecule has 0 bridgehead atoms. The van der Waals surface area contributed by atoms with Gasteiger partial charge in [-0.25, -0.2) is 4.99 Å². The Kier molecular flexibility index (Phi) is 3.66. The summed E-state index contributed by atoms with van der Waals surface area (Å²) in [5.41, 5.74) is 2.47. The van der Waals surface area contributed by atoms with Crippen molar-refractivity contribution >= 4 is 45.8 Å². The van der Waals surface area contributed by atoms with Gasteiger partial charge in [-0.15, -0.1) is 0 Å². The van der Waals surface area contributed by atoms with E-state index in [0.29, 0.717) is 44.5 Å². The molecule has 2 aliphatic rings. The molecule has 8 heteroatoms. The molecule has 1 aromatic heterocycles. The van der Waals surface area contributed by atoms with Crippen LogP contribution in [0, 0.1) is 0 Å². The van der Waals surface area contributed by atoms with E-state index >= 15 is 0 Å². The maximum Gasteiger partial charge on any atom is 0.272 e. The van der Waals surface area contributed by atoms with Crippen LogP contribution in [0.3, 0.4) is 0 Å². The second-order valence-corrected chi connectivity index (χ2v) is 7.70. The number of nitrogens with one attached hydrogen (secondary N) is 1. The quantitative estimate of drug-likeness (QED) is 0.681. The number of para-hydroxylation sites is 1. The highest BCUT2D eigenvalue weighted by atomic mass is 35.5. The van der Waals surface area contributed by atoms with Crippen LogP contribution in [-0.2, 0) is 11.5 Å². The van der Waals surface area contributed by atoms with Crippen molar-refractivity contribution in [2.75, 3.05) is 16.9 Å². The average Bonchev–Trinajstić information content (AvgIpc) is 3.18. The summed E-state index contributed by atoms with van der Waals surface area (Å²) in [4.78, 5) is 32.8. The highest BCUT2D eigenvalue weighted by Gasteiger charge is 2.28. The third-order valence-corrected chi connectivity index (χ3v) is 5.98. The monoisotopic (exact) mass is 396 g/mol. The van der Waals surface area contributed by atoms with Gasteiger partial charge >= 0.3 is 0 Å². The Labute approximate surface area is 162 Å². The van der Waals surface area contributed by atoms with Gasteiger partial charge < -0.3 is 10.2 Å². The Morgan fingerprint density at radius 3 is 2.74 bits per heavy atom. The molecular weight excluding hydrogens is 384 g/mol. The predicted molar refractivity (Wildman–Crippen MR) is 106 cm³/mol. The van der Waals surface area contributed by atoms with Crippen molar-refractivity contribution in [3.8, 4) is 0 Å². The van der Waals surface area contributed by atoms with E-state index < -0.39 is 0 Å². The summed E-state index contributed by atoms with van der Waals surface area (Å²) in [5.74, 6) is -0.288. The molecule has 3 heterocycles. The van der Waals surface area contributed by atoms with E-state index in [1.165, 1.54) is 11.3 Å². The number of thiazole rings is 1. The van der Waals surface area contributed by atoms with E-state index in [-0.39, 0.29) is 11.5 Å². The molecule has 134 valence electrons. The molecule has 0 spiro atoms. The topological polar surface area (TPSA) is 66.7 Å². The van der Waals surface area contributed by atoms with Gasteiger partial charge in [-0.3, -0.25) is 14.2 Å². The lowest BCUT2D eigenvalue weighted by atomic mass is 10.1. The number of benzene rings is 2. The Morgan fingerprint density at radius 2 is 1.93 bits per heavy atom. The van der Waals surface area contributed by atoms with Gasteiger partial charge in [-0.05, 0) is 30.3 Å². The number of hydrogen-bond acceptors (Lipinski definition) is 5. The van der Waals surface area contributed by atoms with E-state index in [1.54, 1.807) is 22.8 Å². The maximum absolute atomic E-state index is 13.1. The van der Waals surface area contributed by atoms with Gasteiger partial charge in [0.15, 0.2) is 4.80 Å². The lowest BCUT2D eigenvalue weighted by Gasteiger charge is -2.25. The number of fused-ring (bicyclic) bond motifs is 2. The van der Waals surface area contributed by atoms with Gasteiger partial charge in [0.2, 0.25) is 0 Å². The Bertz CT molecular complexity index is 1260. The zero-order valence-corrected chi connectivity index (χ0v) is 15.5. The number of hydrogen-bond donors (Lipinski definition) is 1. The molecule has 0 aliphatic carbocycles. The van der Waals surface area contributed by atoms with Gasteiger partial charge in [0, 0.05) is 22.0 Å². The first kappa shape index (κ1) is 16.3. The standard InChI is InChI=1S/C19H13ClN4O2S/c20-11-6-7-14-13(8-11)15(17(25)22-14)16-18(26)24-10-23(9-21-19(24)27-16)12-4-2-1-3-5-12/h1-8H,9-10H2,(H,22,25). The molecular formula is C19H13ClN4O2S. The van der Waals surface area contributed by atoms with Crippen molar-refractivity contribution in [2.45, 2.75) is 6.67 Å². The lowest BCUT2D eigenvalue weighted by molar-refractivity contribution is -0.110. The summed E-state index contributed by atoms with van der Waals surface area (Å²) in [6.07, 6.45) is 0. The molecule has 1 N–H and O–H groups in total. The van der Waals surface area contributed by atoms with E-state index in [0.717, 1.165) is 5.69 Å². The predicted octanol–water partition coefficient (Wildman–Crippen LogP) is 1.77. The number of anilines is 2. The molecule has 27 heavy (non-hydrogen) atoms. The van der Waals surface area contributed by atoms with Crippen LogP contribution in [0.2, 0.25) is 5.02 Å². The van der Waals surface area contributed by atoms with Gasteiger partial charge in [-0.1, -0.05) is 41.1 Å². The van der Waals surface area contributed by atoms with Gasteiger partial charge in [0.05, 0.1) is 5.57 Å². The smallest absolute Gasteiger partial charge is 0.272 e. The van der Waals surface area contributed by atoms with E-state index in [4.69, 9.17) is 11.6 Å². The van der Waals surface area contributed by atoms with Crippen LogP contribution in [-0.4, -0.2) is 17.1 Å². The van der Waals surface area contributed by atoms with E-state index in [2.05, 4.69) is 10.3 Å². The maximum atomic E-state index is 13.1. The zero-order valence-electron chi connectivity index (χ0n) is 14.0. The average molecular weight is 397 g/mol. The van der Waals surface area contributed by atoms with Gasteiger partial charge in [0.25, 0.3) is 11.5 Å². The van der Waals surface area contributed by atoms with Crippen molar-refractivity contribution in [2.24, 2.45) is 4.99 Å². The first-order chi connectivity index (χ1) is 13.1. The molecule has 2 aliphatic heterocycles. The number of aromatic nitrogens is 1. The van der Waals surface area contributed by atoms with Gasteiger partial charge in [0.1, 0.15) is 17.9 Å². The Hall–Kier alpha value is -2.90. The molecule has 0 fully saturated rings. The van der Waals surface area contributed by atoms with Crippen LogP contribution in [0.1, 0.15) is 5.56 Å². The van der Waals surface area contributed by atoms with Crippen LogP contribution < -0.4 is 25.1 Å². The third kappa shape index (κ3) is 2.58. The molecule has 6 nitrogen and oxygen atoms in total. The fraction of sp³-hybridized carbons (Fsp3) is 0.105. The minimum atomic E-state index is -0.288. The molecule has 0 atom stereocenters. The number of amides is 1. The number of carbonyl (C=O) groups is 1. The van der Waals surface area contributed by atoms with E-state index in [9.17, 15) is 9.59 Å². The molecule has 0 saturated heterocycles. The SMILES string of the molecule is O=C1Nc2ccc(Cl)cc2C1=c1sc2n(c1=O)CN(c1ccccc1)CN=2. The lowest BCUT2D eigenvalue weighted by Crippen LogP contribution is -2.43. The van der Waals surface area contributed by atoms with Crippen molar-refractivity contribution in [3.05, 3.63) is 78.8 Å². The fourth-order valence-corrected chi connectivity index (χ4v) is 4.56. The van der Waals surface area contributed by atoms with E-state index in [1.807, 2.05) is 35.2 Å². The van der Waals surface area contributed by atoms with Crippen LogP contribution in [0.4, 0.5) is 11.4 Å². The minimum absolute atomic E-state index is 0.211. The second kappa shape index (κ2) is 6.07. The molecule has 5 rings (SSSR count). The molecule has 0 saturated carbocycles. The number of carbonyl (C=O) groups excluding carboxylic acids is 1. The number of halogens is 1. The van der Waals surface area contributed by atoms with Crippen LogP contribution in [0.25, 0.3) is 5.57 Å². The highest BCUT2D eigenvalue weighted by molar-refractivity contribution is 7.07. The Balaban J connectivity index is 1.68. The zero-order chi connectivity index (χ0) is 18.5. The van der Waals surface area contributed by atoms with Gasteiger partial charge in [-0.2, -0.15) is 0 Å². The molecule has 0 unspecified atom stereocenters. The van der Waals surface area contributed by atoms with Crippen LogP contribution in [0.15, 0.2) is 58.3 Å². The molecule has 2 aromatic carbocycles. The van der Waals surface area contributed by atoms with Crippen molar-refractivity contribution < 1.29 is 4.79 Å². The summed E-state index contributed by atoms with van der Waals surface area (Å²) in [6.45, 7) is 0.864. The minimum Gasteiger partial charge on any atom is -0.334 e. The highest BCUT2D eigenvalue weighted by Crippen LogP contribution is 2.32. The van der Waals surface area contributed by atoms with Crippen LogP contribution >= 0.6 is 22.9 Å². The normalized spacial score (nSPS) is 17.2. The first-order valence-electron chi connectivity index (χ1n) is 8.31. The first-order valence-corrected chi connectivity index (χ1v) is 9.51. The second-order valence-electron chi connectivity index (χ2n) is 6.28. The molecule has 3 aromatic rings. The largest absolute Gasteiger partial charge is 0.334 e. The molecule has 1 amide bonds. The summed E-state index contributed by atoms with van der Waals surface area (Å²) >= 11 is 7.34. The summed E-state index contributed by atoms with van der Waals surface area (Å²) in [6, 6.07) is 15.0. The summed E-state index contributed by atoms with van der Waals surface area (Å²) in [5, 5.41) is 3.32. The molecule has 0 radical (unpaired) electrons. The van der Waals surface area contributed by atoms with Crippen molar-refractivity contribution in [1.82, 2.24) is 4.57 Å². The third-order valence-electron chi connectivity index (χ3n) is 4.63. The summed E-state index contributed by atoms with van der Waals surface area (Å²) in [7, 11) is 0. The fourth-order valence-electron chi connectivity index (χ4n) is 3.33. The number of nitrogens with zero attached hydrogens (tertiary/aromatic N) is 3. The summed E-state index contributed by atoms with van der Waals surface area (Å²) < 4.78 is 2.00. The van der Waals surface area contributed by atoms with Crippen molar-refractivity contribution in [3.63, 3.8) is 0 Å². The number of rotatable bonds is 1. The Morgan fingerprint density at radius 1 is 1.11 bits per heavy atom. The van der Waals surface area contributed by atoms with Crippen molar-refractivity contribution in [1.29, 1.82) is 0 Å².